The predicted molar refractivity (Wildman–Crippen MR) is 88.4 cm³/mol. The van der Waals surface area contributed by atoms with Gasteiger partial charge >= 0.3 is 0 Å². The maximum atomic E-state index is 12.4. The van der Waals surface area contributed by atoms with Crippen LogP contribution in [0.3, 0.4) is 0 Å². The van der Waals surface area contributed by atoms with Gasteiger partial charge in [-0.15, -0.1) is 0 Å². The molecule has 0 aliphatic rings. The summed E-state index contributed by atoms with van der Waals surface area (Å²) in [4.78, 5) is 0.953. The van der Waals surface area contributed by atoms with Crippen molar-refractivity contribution in [1.82, 2.24) is 0 Å². The summed E-state index contributed by atoms with van der Waals surface area (Å²) in [5, 5.41) is 2.63. The molecule has 0 radical (unpaired) electrons. The summed E-state index contributed by atoms with van der Waals surface area (Å²) in [6.45, 7) is 0. The molecule has 0 N–H and O–H groups in total. The van der Waals surface area contributed by atoms with Crippen LogP contribution in [0.25, 0.3) is 10.8 Å². The van der Waals surface area contributed by atoms with Crippen LogP contribution in [0.2, 0.25) is 5.02 Å². The number of rotatable bonds is 3. The normalized spacial score (nSPS) is 11.7. The molecule has 0 aliphatic heterocycles. The summed E-state index contributed by atoms with van der Waals surface area (Å²) in [7, 11) is -2.59. The maximum absolute atomic E-state index is 12.4. The van der Waals surface area contributed by atoms with Crippen molar-refractivity contribution in [3.05, 3.63) is 71.8 Å². The van der Waals surface area contributed by atoms with Crippen LogP contribution in [0, 0.1) is 0 Å². The first-order valence-corrected chi connectivity index (χ1v) is 9.43. The summed E-state index contributed by atoms with van der Waals surface area (Å²) in [6.07, 6.45) is 0. The lowest BCUT2D eigenvalue weighted by molar-refractivity contribution is 0.610. The van der Waals surface area contributed by atoms with Crippen LogP contribution in [0.5, 0.6) is 0 Å². The van der Waals surface area contributed by atoms with Crippen LogP contribution in [0.15, 0.2) is 76.5 Å². The van der Waals surface area contributed by atoms with Gasteiger partial charge in [-0.3, -0.25) is 0 Å². The van der Waals surface area contributed by atoms with Crippen molar-refractivity contribution in [3.63, 3.8) is 0 Å². The van der Waals surface area contributed by atoms with E-state index >= 15 is 0 Å². The first kappa shape index (κ1) is 14.4. The predicted octanol–water partition coefficient (Wildman–Crippen LogP) is 4.97. The molecule has 0 bridgehead atoms. The highest BCUT2D eigenvalue weighted by Crippen LogP contribution is 2.33. The number of benzene rings is 3. The van der Waals surface area contributed by atoms with Gasteiger partial charge in [0.15, 0.2) is 0 Å². The lowest BCUT2D eigenvalue weighted by Gasteiger charge is -2.05. The third-order valence-corrected chi connectivity index (χ3v) is 6.61. The van der Waals surface area contributed by atoms with E-state index < -0.39 is 8.87 Å². The van der Waals surface area contributed by atoms with Crippen molar-refractivity contribution >= 4 is 42.0 Å². The zero-order valence-electron chi connectivity index (χ0n) is 10.9. The summed E-state index contributed by atoms with van der Waals surface area (Å²) >= 11 is 5.79. The Labute approximate surface area is 132 Å². The second-order valence-corrected chi connectivity index (χ2v) is 8.77. The lowest BCUT2D eigenvalue weighted by atomic mass is 10.1. The smallest absolute Gasteiger partial charge is 0.212 e. The number of hydrogen-bond donors (Lipinski definition) is 0. The topological polar surface area (TPSA) is 34.1 Å². The second kappa shape index (κ2) is 5.72. The number of halogens is 1. The first-order valence-electron chi connectivity index (χ1n) is 6.23. The zero-order valence-corrected chi connectivity index (χ0v) is 13.3. The zero-order chi connectivity index (χ0) is 14.9. The molecule has 0 spiro atoms. The highest BCUT2D eigenvalue weighted by Gasteiger charge is 2.16. The van der Waals surface area contributed by atoms with Gasteiger partial charge < -0.3 is 0 Å². The van der Waals surface area contributed by atoms with E-state index in [0.29, 0.717) is 9.92 Å². The van der Waals surface area contributed by atoms with Gasteiger partial charge in [0.1, 0.15) is 0 Å². The third kappa shape index (κ3) is 3.23. The van der Waals surface area contributed by atoms with Crippen LogP contribution in [0.1, 0.15) is 0 Å². The SMILES string of the molecule is O=S(=O)(Sc1ccc2ccccc2c1)c1ccc(Cl)cc1. The molecular formula is C16H11ClO2S2. The molecule has 3 aromatic rings. The third-order valence-electron chi connectivity index (χ3n) is 3.03. The van der Waals surface area contributed by atoms with E-state index in [1.54, 1.807) is 12.1 Å². The summed E-state index contributed by atoms with van der Waals surface area (Å²) in [5.74, 6) is 0. The molecule has 0 saturated carbocycles. The van der Waals surface area contributed by atoms with E-state index in [1.165, 1.54) is 12.1 Å². The second-order valence-electron chi connectivity index (χ2n) is 4.50. The molecule has 5 heteroatoms. The van der Waals surface area contributed by atoms with E-state index in [-0.39, 0.29) is 4.90 Å². The molecule has 0 aliphatic carbocycles. The number of fused-ring (bicyclic) bond motifs is 1. The molecule has 0 heterocycles. The number of hydrogen-bond acceptors (Lipinski definition) is 3. The van der Waals surface area contributed by atoms with E-state index in [9.17, 15) is 8.42 Å². The Hall–Kier alpha value is -1.49. The van der Waals surface area contributed by atoms with Crippen LogP contribution in [0.4, 0.5) is 0 Å². The van der Waals surface area contributed by atoms with Crippen molar-refractivity contribution < 1.29 is 8.42 Å². The molecule has 0 unspecified atom stereocenters. The maximum Gasteiger partial charge on any atom is 0.234 e. The summed E-state index contributed by atoms with van der Waals surface area (Å²) in [5.41, 5.74) is 0. The average Bonchev–Trinajstić information content (AvgIpc) is 2.47. The Morgan fingerprint density at radius 2 is 1.48 bits per heavy atom. The Morgan fingerprint density at radius 1 is 0.810 bits per heavy atom. The Morgan fingerprint density at radius 3 is 2.19 bits per heavy atom. The minimum Gasteiger partial charge on any atom is -0.212 e. The van der Waals surface area contributed by atoms with E-state index in [4.69, 9.17) is 11.6 Å². The molecule has 106 valence electrons. The van der Waals surface area contributed by atoms with Gasteiger partial charge in [-0.2, -0.15) is 0 Å². The molecule has 0 saturated heterocycles. The lowest BCUT2D eigenvalue weighted by Crippen LogP contribution is -1.94. The van der Waals surface area contributed by atoms with Crippen molar-refractivity contribution in [2.45, 2.75) is 9.79 Å². The van der Waals surface area contributed by atoms with E-state index in [1.807, 2.05) is 42.5 Å². The van der Waals surface area contributed by atoms with Crippen molar-refractivity contribution in [3.8, 4) is 0 Å². The summed E-state index contributed by atoms with van der Waals surface area (Å²) in [6, 6.07) is 19.7. The van der Waals surface area contributed by atoms with Gasteiger partial charge in [0.2, 0.25) is 8.87 Å². The fraction of sp³-hybridized carbons (Fsp3) is 0. The van der Waals surface area contributed by atoms with Gasteiger partial charge in [0.25, 0.3) is 0 Å². The Bertz CT molecular complexity index is 888. The molecule has 0 atom stereocenters. The Kier molecular flexibility index (Phi) is 3.93. The van der Waals surface area contributed by atoms with Crippen molar-refractivity contribution in [1.29, 1.82) is 0 Å². The van der Waals surface area contributed by atoms with Gasteiger partial charge in [0.05, 0.1) is 4.90 Å². The molecule has 21 heavy (non-hydrogen) atoms. The van der Waals surface area contributed by atoms with E-state index in [0.717, 1.165) is 21.6 Å². The standard InChI is InChI=1S/C16H11ClO2S2/c17-14-6-9-16(10-7-14)21(18,19)20-15-8-5-12-3-1-2-4-13(12)11-15/h1-11H. The molecule has 3 rings (SSSR count). The molecule has 0 amide bonds. The summed E-state index contributed by atoms with van der Waals surface area (Å²) < 4.78 is 24.7. The van der Waals surface area contributed by atoms with E-state index in [2.05, 4.69) is 0 Å². The molecule has 0 fully saturated rings. The van der Waals surface area contributed by atoms with Gasteiger partial charge in [0, 0.05) is 20.7 Å². The van der Waals surface area contributed by atoms with Crippen LogP contribution < -0.4 is 0 Å². The van der Waals surface area contributed by atoms with Gasteiger partial charge in [-0.05, 0) is 47.2 Å². The minimum atomic E-state index is -3.44. The first-order chi connectivity index (χ1) is 10.0. The largest absolute Gasteiger partial charge is 0.234 e. The molecule has 0 aromatic heterocycles. The quantitative estimate of drug-likeness (QED) is 0.634. The average molecular weight is 335 g/mol. The van der Waals surface area contributed by atoms with Gasteiger partial charge in [-0.25, -0.2) is 8.42 Å². The molecule has 3 aromatic carbocycles. The van der Waals surface area contributed by atoms with Crippen LogP contribution in [-0.2, 0) is 8.87 Å². The minimum absolute atomic E-state index is 0.255. The monoisotopic (exact) mass is 334 g/mol. The van der Waals surface area contributed by atoms with Gasteiger partial charge in [-0.1, -0.05) is 41.9 Å². The fourth-order valence-corrected chi connectivity index (χ4v) is 4.93. The fourth-order valence-electron chi connectivity index (χ4n) is 2.00. The van der Waals surface area contributed by atoms with Crippen LogP contribution >= 0.6 is 22.4 Å². The van der Waals surface area contributed by atoms with Crippen LogP contribution in [-0.4, -0.2) is 8.42 Å². The molecule has 2 nitrogen and oxygen atoms in total. The highest BCUT2D eigenvalue weighted by atomic mass is 35.5. The van der Waals surface area contributed by atoms with Crippen molar-refractivity contribution in [2.75, 3.05) is 0 Å². The Balaban J connectivity index is 1.95. The molecular weight excluding hydrogens is 324 g/mol. The van der Waals surface area contributed by atoms with Crippen molar-refractivity contribution in [2.24, 2.45) is 0 Å². The highest BCUT2D eigenvalue weighted by molar-refractivity contribution is 8.72.